The van der Waals surface area contributed by atoms with Gasteiger partial charge in [0.15, 0.2) is 0 Å². The van der Waals surface area contributed by atoms with Crippen LogP contribution in [0.25, 0.3) is 0 Å². The van der Waals surface area contributed by atoms with E-state index in [-0.39, 0.29) is 12.0 Å². The summed E-state index contributed by atoms with van der Waals surface area (Å²) < 4.78 is 26.4. The summed E-state index contributed by atoms with van der Waals surface area (Å²) in [6, 6.07) is 7.39. The van der Waals surface area contributed by atoms with E-state index in [1.807, 2.05) is 12.1 Å². The average Bonchev–Trinajstić information content (AvgIpc) is 2.75. The van der Waals surface area contributed by atoms with Crippen LogP contribution in [0.15, 0.2) is 24.3 Å². The van der Waals surface area contributed by atoms with Crippen molar-refractivity contribution in [2.75, 3.05) is 6.61 Å². The van der Waals surface area contributed by atoms with Gasteiger partial charge < -0.3 is 14.0 Å². The average molecular weight is 284 g/mol. The van der Waals surface area contributed by atoms with E-state index in [1.54, 1.807) is 12.1 Å². The van der Waals surface area contributed by atoms with Crippen LogP contribution < -0.4 is 4.52 Å². The van der Waals surface area contributed by atoms with Gasteiger partial charge in [-0.15, -0.1) is 0 Å². The number of ether oxygens (including phenoxy) is 2. The van der Waals surface area contributed by atoms with Crippen molar-refractivity contribution in [2.45, 2.75) is 32.0 Å². The van der Waals surface area contributed by atoms with Crippen LogP contribution in [0.2, 0.25) is 0 Å². The molecule has 2 unspecified atom stereocenters. The second-order valence-corrected chi connectivity index (χ2v) is 6.85. The highest BCUT2D eigenvalue weighted by molar-refractivity contribution is 7.40. The topological polar surface area (TPSA) is 61.8 Å². The van der Waals surface area contributed by atoms with Gasteiger partial charge in [0, 0.05) is 0 Å². The van der Waals surface area contributed by atoms with Gasteiger partial charge in [-0.3, -0.25) is 4.57 Å². The quantitative estimate of drug-likeness (QED) is 0.629. The third-order valence-corrected chi connectivity index (χ3v) is 4.04. The zero-order valence-corrected chi connectivity index (χ0v) is 12.1. The smallest absolute Gasteiger partial charge is 0.442 e. The SMILES string of the molecule is CC(C)(C)c1ccc(O[PH](=O)C2COC(=O)O2)cc1. The molecule has 2 atom stereocenters. The van der Waals surface area contributed by atoms with Gasteiger partial charge in [0.25, 0.3) is 8.03 Å². The monoisotopic (exact) mass is 284 g/mol. The first-order chi connectivity index (χ1) is 8.86. The number of carbonyl (C=O) groups is 1. The standard InChI is InChI=1S/C13H17O5P/c1-13(2,3)9-4-6-10(7-5-9)18-19(15)11-8-16-12(14)17-11/h4-7,11,19H,8H2,1-3H3. The van der Waals surface area contributed by atoms with Gasteiger partial charge in [-0.25, -0.2) is 4.79 Å². The van der Waals surface area contributed by atoms with Crippen molar-refractivity contribution in [2.24, 2.45) is 0 Å². The molecule has 19 heavy (non-hydrogen) atoms. The molecule has 1 heterocycles. The lowest BCUT2D eigenvalue weighted by molar-refractivity contribution is 0.127. The summed E-state index contributed by atoms with van der Waals surface area (Å²) in [7, 11) is -2.52. The van der Waals surface area contributed by atoms with Crippen LogP contribution in [0.5, 0.6) is 5.75 Å². The van der Waals surface area contributed by atoms with Crippen molar-refractivity contribution in [3.8, 4) is 5.75 Å². The molecule has 0 aromatic heterocycles. The summed E-state index contributed by atoms with van der Waals surface area (Å²) in [6.07, 6.45) is -0.796. The Bertz CT molecular complexity index is 489. The number of benzene rings is 1. The second kappa shape index (κ2) is 5.25. The number of cyclic esters (lactones) is 2. The number of carbonyl (C=O) groups excluding carboxylic acids is 1. The molecule has 0 radical (unpaired) electrons. The van der Waals surface area contributed by atoms with Gasteiger partial charge in [0.1, 0.15) is 12.4 Å². The van der Waals surface area contributed by atoms with Gasteiger partial charge in [0.2, 0.25) is 5.85 Å². The lowest BCUT2D eigenvalue weighted by atomic mass is 9.87. The highest BCUT2D eigenvalue weighted by atomic mass is 31.1. The molecule has 104 valence electrons. The van der Waals surface area contributed by atoms with Crippen LogP contribution in [0.4, 0.5) is 4.79 Å². The molecule has 6 heteroatoms. The number of hydrogen-bond donors (Lipinski definition) is 0. The van der Waals surface area contributed by atoms with Crippen molar-refractivity contribution < 1.29 is 23.4 Å². The highest BCUT2D eigenvalue weighted by Crippen LogP contribution is 2.36. The molecule has 1 saturated heterocycles. The Kier molecular flexibility index (Phi) is 3.85. The molecule has 0 spiro atoms. The maximum absolute atomic E-state index is 11.8. The van der Waals surface area contributed by atoms with E-state index in [2.05, 4.69) is 25.5 Å². The molecule has 0 amide bonds. The molecular weight excluding hydrogens is 267 g/mol. The second-order valence-electron chi connectivity index (χ2n) is 5.36. The Morgan fingerprint density at radius 1 is 1.26 bits per heavy atom. The zero-order valence-electron chi connectivity index (χ0n) is 11.1. The summed E-state index contributed by atoms with van der Waals surface area (Å²) in [5.41, 5.74) is 1.22. The van der Waals surface area contributed by atoms with Crippen molar-refractivity contribution in [1.82, 2.24) is 0 Å². The molecule has 1 aliphatic heterocycles. The van der Waals surface area contributed by atoms with E-state index in [0.29, 0.717) is 5.75 Å². The minimum atomic E-state index is -2.52. The molecule has 2 rings (SSSR count). The van der Waals surface area contributed by atoms with E-state index in [1.165, 1.54) is 0 Å². The molecule has 0 aliphatic carbocycles. The number of rotatable bonds is 3. The molecule has 1 aromatic carbocycles. The minimum Gasteiger partial charge on any atom is -0.442 e. The van der Waals surface area contributed by atoms with E-state index >= 15 is 0 Å². The maximum atomic E-state index is 11.8. The molecule has 1 fully saturated rings. The predicted molar refractivity (Wildman–Crippen MR) is 71.0 cm³/mol. The molecule has 5 nitrogen and oxygen atoms in total. The molecule has 0 N–H and O–H groups in total. The van der Waals surface area contributed by atoms with Gasteiger partial charge >= 0.3 is 6.16 Å². The lowest BCUT2D eigenvalue weighted by Gasteiger charge is -2.19. The van der Waals surface area contributed by atoms with E-state index < -0.39 is 20.0 Å². The fraction of sp³-hybridized carbons (Fsp3) is 0.462. The highest BCUT2D eigenvalue weighted by Gasteiger charge is 2.31. The Balaban J connectivity index is 2.00. The predicted octanol–water partition coefficient (Wildman–Crippen LogP) is 3.33. The van der Waals surface area contributed by atoms with Crippen LogP contribution in [0.3, 0.4) is 0 Å². The van der Waals surface area contributed by atoms with Crippen LogP contribution in [0.1, 0.15) is 26.3 Å². The minimum absolute atomic E-state index is 0.0172. The van der Waals surface area contributed by atoms with E-state index in [9.17, 15) is 9.36 Å². The Hall–Kier alpha value is -1.48. The van der Waals surface area contributed by atoms with Crippen molar-refractivity contribution in [3.63, 3.8) is 0 Å². The summed E-state index contributed by atoms with van der Waals surface area (Å²) >= 11 is 0. The first kappa shape index (κ1) is 13.9. The molecule has 0 saturated carbocycles. The van der Waals surface area contributed by atoms with Crippen LogP contribution in [-0.2, 0) is 19.5 Å². The maximum Gasteiger partial charge on any atom is 0.509 e. The third kappa shape index (κ3) is 3.51. The van der Waals surface area contributed by atoms with E-state index in [0.717, 1.165) is 5.56 Å². The summed E-state index contributed by atoms with van der Waals surface area (Å²) in [5.74, 6) is -0.292. The van der Waals surface area contributed by atoms with Crippen molar-refractivity contribution >= 4 is 14.2 Å². The molecule has 0 bridgehead atoms. The fourth-order valence-electron chi connectivity index (χ4n) is 1.65. The van der Waals surface area contributed by atoms with Gasteiger partial charge in [-0.1, -0.05) is 32.9 Å². The molecular formula is C13H17O5P. The summed E-state index contributed by atoms with van der Waals surface area (Å²) in [6.45, 7) is 6.32. The van der Waals surface area contributed by atoms with Gasteiger partial charge in [-0.05, 0) is 23.1 Å². The molecule has 1 aliphatic rings. The fourth-order valence-corrected chi connectivity index (χ4v) is 2.56. The first-order valence-electron chi connectivity index (χ1n) is 6.02. The van der Waals surface area contributed by atoms with Gasteiger partial charge in [-0.2, -0.15) is 0 Å². The van der Waals surface area contributed by atoms with Crippen LogP contribution >= 0.6 is 8.03 Å². The Morgan fingerprint density at radius 3 is 2.37 bits per heavy atom. The lowest BCUT2D eigenvalue weighted by Crippen LogP contribution is -2.10. The molecule has 1 aromatic rings. The van der Waals surface area contributed by atoms with E-state index in [4.69, 9.17) is 9.26 Å². The van der Waals surface area contributed by atoms with Crippen molar-refractivity contribution in [1.29, 1.82) is 0 Å². The summed E-state index contributed by atoms with van der Waals surface area (Å²) in [5, 5.41) is 0. The third-order valence-electron chi connectivity index (χ3n) is 2.79. The largest absolute Gasteiger partial charge is 0.509 e. The normalized spacial score (nSPS) is 20.6. The zero-order chi connectivity index (χ0) is 14.0. The Morgan fingerprint density at radius 2 is 1.89 bits per heavy atom. The van der Waals surface area contributed by atoms with Gasteiger partial charge in [0.05, 0.1) is 0 Å². The summed E-state index contributed by atoms with van der Waals surface area (Å²) in [4.78, 5) is 10.7. The van der Waals surface area contributed by atoms with Crippen LogP contribution in [-0.4, -0.2) is 18.6 Å². The Labute approximate surface area is 112 Å². The van der Waals surface area contributed by atoms with Crippen LogP contribution in [0, 0.1) is 0 Å². The van der Waals surface area contributed by atoms with Crippen molar-refractivity contribution in [3.05, 3.63) is 29.8 Å². The number of hydrogen-bond acceptors (Lipinski definition) is 5. The first-order valence-corrected chi connectivity index (χ1v) is 7.41.